The van der Waals surface area contributed by atoms with Crippen molar-refractivity contribution in [1.82, 2.24) is 4.90 Å². The summed E-state index contributed by atoms with van der Waals surface area (Å²) in [5.41, 5.74) is 3.16. The average molecular weight is 351 g/mol. The molecule has 26 heavy (non-hydrogen) atoms. The molecule has 1 fully saturated rings. The van der Waals surface area contributed by atoms with Gasteiger partial charge in [-0.25, -0.2) is 0 Å². The largest absolute Gasteiger partial charge is 0.457 e. The van der Waals surface area contributed by atoms with Gasteiger partial charge in [-0.2, -0.15) is 0 Å². The minimum absolute atomic E-state index is 0.0523. The fraction of sp³-hybridized carbons (Fsp3) is 0.333. The second-order valence-corrected chi connectivity index (χ2v) is 6.91. The highest BCUT2D eigenvalue weighted by Crippen LogP contribution is 2.31. The Hall–Kier alpha value is -2.66. The number of ether oxygens (including phenoxy) is 2. The number of imide groups is 1. The maximum atomic E-state index is 12.7. The first-order valence-electron chi connectivity index (χ1n) is 8.90. The van der Waals surface area contributed by atoms with Gasteiger partial charge in [0, 0.05) is 6.61 Å². The van der Waals surface area contributed by atoms with E-state index in [-0.39, 0.29) is 17.9 Å². The van der Waals surface area contributed by atoms with Gasteiger partial charge >= 0.3 is 0 Å². The summed E-state index contributed by atoms with van der Waals surface area (Å²) in [6, 6.07) is 10.9. The molecule has 2 aliphatic rings. The molecule has 4 rings (SSSR count). The van der Waals surface area contributed by atoms with Crippen LogP contribution >= 0.6 is 0 Å². The van der Waals surface area contributed by atoms with E-state index in [0.717, 1.165) is 18.4 Å². The number of carbonyl (C=O) groups excluding carboxylic acids is 2. The summed E-state index contributed by atoms with van der Waals surface area (Å²) in [4.78, 5) is 26.5. The standard InChI is InChI=1S/C21H21NO4/c1-13-5-6-15(10-14(13)2)26-16-7-8-18-19(11-16)21(24)22(20(18)23)12-17-4-3-9-25-17/h5-8,10-11,17H,3-4,9,12H2,1-2H3/t17-/m1/s1. The fourth-order valence-electron chi connectivity index (χ4n) is 3.40. The Labute approximate surface area is 152 Å². The summed E-state index contributed by atoms with van der Waals surface area (Å²) < 4.78 is 11.4. The lowest BCUT2D eigenvalue weighted by molar-refractivity contribution is 0.0475. The third-order valence-electron chi connectivity index (χ3n) is 5.07. The van der Waals surface area contributed by atoms with Gasteiger partial charge in [0.05, 0.1) is 23.8 Å². The van der Waals surface area contributed by atoms with Crippen LogP contribution in [0.15, 0.2) is 36.4 Å². The second kappa shape index (κ2) is 6.57. The number of rotatable bonds is 4. The van der Waals surface area contributed by atoms with E-state index in [2.05, 4.69) is 0 Å². The number of benzene rings is 2. The van der Waals surface area contributed by atoms with Gasteiger partial charge in [0.1, 0.15) is 11.5 Å². The molecule has 1 saturated heterocycles. The molecule has 5 nitrogen and oxygen atoms in total. The smallest absolute Gasteiger partial charge is 0.261 e. The predicted molar refractivity (Wildman–Crippen MR) is 96.8 cm³/mol. The van der Waals surface area contributed by atoms with Crippen LogP contribution in [-0.4, -0.2) is 36.0 Å². The van der Waals surface area contributed by atoms with Crippen molar-refractivity contribution in [2.45, 2.75) is 32.8 Å². The molecule has 0 radical (unpaired) electrons. The Kier molecular flexibility index (Phi) is 4.24. The first-order chi connectivity index (χ1) is 12.5. The van der Waals surface area contributed by atoms with Crippen molar-refractivity contribution >= 4 is 11.8 Å². The zero-order chi connectivity index (χ0) is 18.3. The molecule has 0 saturated carbocycles. The Bertz CT molecular complexity index is 884. The van der Waals surface area contributed by atoms with E-state index in [4.69, 9.17) is 9.47 Å². The molecule has 0 unspecified atom stereocenters. The van der Waals surface area contributed by atoms with E-state index < -0.39 is 0 Å². The van der Waals surface area contributed by atoms with Crippen LogP contribution in [0.3, 0.4) is 0 Å². The monoisotopic (exact) mass is 351 g/mol. The number of hydrogen-bond acceptors (Lipinski definition) is 4. The van der Waals surface area contributed by atoms with Crippen LogP contribution in [0.2, 0.25) is 0 Å². The zero-order valence-corrected chi connectivity index (χ0v) is 15.0. The summed E-state index contributed by atoms with van der Waals surface area (Å²) in [5.74, 6) is 0.734. The van der Waals surface area contributed by atoms with Crippen molar-refractivity contribution in [3.63, 3.8) is 0 Å². The molecule has 2 heterocycles. The molecular weight excluding hydrogens is 330 g/mol. The summed E-state index contributed by atoms with van der Waals surface area (Å²) in [6.45, 7) is 5.08. The van der Waals surface area contributed by atoms with Crippen LogP contribution in [0.5, 0.6) is 11.5 Å². The van der Waals surface area contributed by atoms with Crippen LogP contribution in [0.25, 0.3) is 0 Å². The van der Waals surface area contributed by atoms with Crippen LogP contribution < -0.4 is 4.74 Å². The maximum Gasteiger partial charge on any atom is 0.261 e. The lowest BCUT2D eigenvalue weighted by atomic mass is 10.1. The maximum absolute atomic E-state index is 12.7. The highest BCUT2D eigenvalue weighted by molar-refractivity contribution is 6.21. The number of hydrogen-bond donors (Lipinski definition) is 0. The van der Waals surface area contributed by atoms with Gasteiger partial charge < -0.3 is 9.47 Å². The van der Waals surface area contributed by atoms with E-state index in [1.54, 1.807) is 18.2 Å². The van der Waals surface area contributed by atoms with Crippen molar-refractivity contribution in [1.29, 1.82) is 0 Å². The molecule has 1 atom stereocenters. The van der Waals surface area contributed by atoms with Gasteiger partial charge in [0.15, 0.2) is 0 Å². The summed E-state index contributed by atoms with van der Waals surface area (Å²) >= 11 is 0. The molecule has 2 aromatic carbocycles. The van der Waals surface area contributed by atoms with Gasteiger partial charge in [-0.05, 0) is 68.1 Å². The fourth-order valence-corrected chi connectivity index (χ4v) is 3.40. The minimum Gasteiger partial charge on any atom is -0.457 e. The Morgan fingerprint density at radius 3 is 2.46 bits per heavy atom. The number of carbonyl (C=O) groups is 2. The van der Waals surface area contributed by atoms with E-state index in [9.17, 15) is 9.59 Å². The zero-order valence-electron chi connectivity index (χ0n) is 15.0. The Balaban J connectivity index is 1.56. The predicted octanol–water partition coefficient (Wildman–Crippen LogP) is 3.87. The van der Waals surface area contributed by atoms with Crippen molar-refractivity contribution in [2.75, 3.05) is 13.2 Å². The van der Waals surface area contributed by atoms with Crippen molar-refractivity contribution in [3.8, 4) is 11.5 Å². The highest BCUT2D eigenvalue weighted by Gasteiger charge is 2.37. The van der Waals surface area contributed by atoms with Gasteiger partial charge in [0.2, 0.25) is 0 Å². The van der Waals surface area contributed by atoms with Crippen LogP contribution in [0.4, 0.5) is 0 Å². The normalized spacial score (nSPS) is 19.2. The van der Waals surface area contributed by atoms with Crippen molar-refractivity contribution in [3.05, 3.63) is 58.7 Å². The van der Waals surface area contributed by atoms with Gasteiger partial charge in [-0.15, -0.1) is 0 Å². The Morgan fingerprint density at radius 2 is 1.73 bits per heavy atom. The molecule has 0 bridgehead atoms. The summed E-state index contributed by atoms with van der Waals surface area (Å²) in [6.07, 6.45) is 1.81. The number of amides is 2. The second-order valence-electron chi connectivity index (χ2n) is 6.91. The topological polar surface area (TPSA) is 55.8 Å². The van der Waals surface area contributed by atoms with E-state index in [1.807, 2.05) is 32.0 Å². The number of fused-ring (bicyclic) bond motifs is 1. The molecule has 0 N–H and O–H groups in total. The minimum atomic E-state index is -0.272. The lowest BCUT2D eigenvalue weighted by Crippen LogP contribution is -2.36. The van der Waals surface area contributed by atoms with Gasteiger partial charge in [0.25, 0.3) is 11.8 Å². The Morgan fingerprint density at radius 1 is 1.00 bits per heavy atom. The third kappa shape index (κ3) is 2.99. The summed E-state index contributed by atoms with van der Waals surface area (Å²) in [5, 5.41) is 0. The molecule has 0 aliphatic carbocycles. The lowest BCUT2D eigenvalue weighted by Gasteiger charge is -2.17. The van der Waals surface area contributed by atoms with E-state index in [1.165, 1.54) is 10.5 Å². The molecule has 2 amide bonds. The highest BCUT2D eigenvalue weighted by atomic mass is 16.5. The van der Waals surface area contributed by atoms with Gasteiger partial charge in [-0.1, -0.05) is 6.07 Å². The first kappa shape index (κ1) is 16.8. The molecular formula is C21H21NO4. The number of aryl methyl sites for hydroxylation is 2. The van der Waals surface area contributed by atoms with Crippen LogP contribution in [0, 0.1) is 13.8 Å². The summed E-state index contributed by atoms with van der Waals surface area (Å²) in [7, 11) is 0. The molecule has 5 heteroatoms. The molecule has 2 aliphatic heterocycles. The van der Waals surface area contributed by atoms with E-state index in [0.29, 0.717) is 35.8 Å². The number of nitrogens with zero attached hydrogens (tertiary/aromatic N) is 1. The van der Waals surface area contributed by atoms with Crippen LogP contribution in [0.1, 0.15) is 44.7 Å². The SMILES string of the molecule is Cc1ccc(Oc2ccc3c(c2)C(=O)N(C[C@H]2CCCO2)C3=O)cc1C. The van der Waals surface area contributed by atoms with E-state index >= 15 is 0 Å². The molecule has 2 aromatic rings. The van der Waals surface area contributed by atoms with Gasteiger partial charge in [-0.3, -0.25) is 14.5 Å². The van der Waals surface area contributed by atoms with Crippen LogP contribution in [-0.2, 0) is 4.74 Å². The molecule has 0 aromatic heterocycles. The molecule has 134 valence electrons. The third-order valence-corrected chi connectivity index (χ3v) is 5.07. The molecule has 0 spiro atoms. The first-order valence-corrected chi connectivity index (χ1v) is 8.90. The average Bonchev–Trinajstić information content (AvgIpc) is 3.22. The van der Waals surface area contributed by atoms with Crippen molar-refractivity contribution in [2.24, 2.45) is 0 Å². The van der Waals surface area contributed by atoms with Crippen molar-refractivity contribution < 1.29 is 19.1 Å². The quantitative estimate of drug-likeness (QED) is 0.785.